The van der Waals surface area contributed by atoms with Gasteiger partial charge in [0.2, 0.25) is 5.95 Å². The van der Waals surface area contributed by atoms with Crippen molar-refractivity contribution in [2.75, 3.05) is 18.4 Å². The minimum absolute atomic E-state index is 0.105. The molecule has 11 heteroatoms. The maximum atomic E-state index is 13.5. The number of rotatable bonds is 4. The molecule has 1 fully saturated rings. The number of anilines is 2. The van der Waals surface area contributed by atoms with E-state index < -0.39 is 17.6 Å². The Morgan fingerprint density at radius 3 is 2.83 bits per heavy atom. The number of hydrogen-bond acceptors (Lipinski definition) is 6. The van der Waals surface area contributed by atoms with Crippen LogP contribution >= 0.6 is 0 Å². The van der Waals surface area contributed by atoms with Gasteiger partial charge in [-0.05, 0) is 25.0 Å². The summed E-state index contributed by atoms with van der Waals surface area (Å²) in [4.78, 5) is 31.3. The molecule has 154 valence electrons. The average molecular weight is 411 g/mol. The first-order chi connectivity index (χ1) is 14.4. The number of nitrogens with one attached hydrogen (secondary N) is 2. The van der Waals surface area contributed by atoms with Crippen LogP contribution in [-0.4, -0.2) is 48.9 Å². The monoisotopic (exact) mass is 411 g/mol. The molecule has 30 heavy (non-hydrogen) atoms. The predicted molar refractivity (Wildman–Crippen MR) is 105 cm³/mol. The topological polar surface area (TPSA) is 140 Å². The van der Waals surface area contributed by atoms with E-state index in [0.29, 0.717) is 24.0 Å². The van der Waals surface area contributed by atoms with Gasteiger partial charge < -0.3 is 20.3 Å². The minimum Gasteiger partial charge on any atom is -0.465 e. The highest BCUT2D eigenvalue weighted by atomic mass is 19.1. The van der Waals surface area contributed by atoms with E-state index in [0.717, 1.165) is 0 Å². The van der Waals surface area contributed by atoms with Crippen molar-refractivity contribution in [2.45, 2.75) is 24.8 Å². The quantitative estimate of drug-likeness (QED) is 0.560. The second-order valence-corrected chi connectivity index (χ2v) is 7.15. The number of likely N-dealkylation sites (tertiary alicyclic amines) is 1. The van der Waals surface area contributed by atoms with E-state index in [1.54, 1.807) is 16.8 Å². The first-order valence-electron chi connectivity index (χ1n) is 9.28. The number of piperidine rings is 1. The summed E-state index contributed by atoms with van der Waals surface area (Å²) in [6, 6.07) is 6.58. The molecular formula is C19H18FN7O3. The van der Waals surface area contributed by atoms with Gasteiger partial charge in [0.15, 0.2) is 5.82 Å². The highest BCUT2D eigenvalue weighted by Gasteiger charge is 2.40. The summed E-state index contributed by atoms with van der Waals surface area (Å²) in [5.41, 5.74) is -0.274. The fourth-order valence-electron chi connectivity index (χ4n) is 3.87. The fraction of sp³-hybridized carbons (Fsp3) is 0.316. The number of aromatic amines is 1. The molecule has 1 aliphatic rings. The summed E-state index contributed by atoms with van der Waals surface area (Å²) >= 11 is 0. The number of carbonyl (C=O) groups is 1. The molecule has 0 bridgehead atoms. The molecule has 1 aliphatic heterocycles. The Labute approximate surface area is 169 Å². The normalized spacial score (nSPS) is 15.7. The Kier molecular flexibility index (Phi) is 4.83. The molecule has 0 aliphatic carbocycles. The zero-order valence-electron chi connectivity index (χ0n) is 15.8. The molecule has 0 saturated carbocycles. The maximum Gasteiger partial charge on any atom is 0.407 e. The van der Waals surface area contributed by atoms with E-state index in [1.807, 2.05) is 0 Å². The molecule has 0 aromatic carbocycles. The molecule has 4 rings (SSSR count). The number of hydrogen-bond donors (Lipinski definition) is 3. The highest BCUT2D eigenvalue weighted by Crippen LogP contribution is 2.37. The van der Waals surface area contributed by atoms with Crippen LogP contribution < -0.4 is 10.9 Å². The lowest BCUT2D eigenvalue weighted by Gasteiger charge is -2.40. The smallest absolute Gasteiger partial charge is 0.407 e. The molecule has 0 radical (unpaired) electrons. The van der Waals surface area contributed by atoms with Gasteiger partial charge in [-0.15, -0.1) is 0 Å². The molecular weight excluding hydrogens is 393 g/mol. The van der Waals surface area contributed by atoms with E-state index in [1.165, 1.54) is 23.4 Å². The number of nitriles is 1. The van der Waals surface area contributed by atoms with E-state index in [4.69, 9.17) is 0 Å². The lowest BCUT2D eigenvalue weighted by Crippen LogP contribution is -2.48. The van der Waals surface area contributed by atoms with E-state index >= 15 is 0 Å². The number of pyridine rings is 2. The SMILES string of the molecule is N#CCC1(n2nc(Nc3ccnc(F)c3)c3c(=O)[nH]ccc32)CCN(C(=O)O)CC1. The number of carboxylic acid groups (broad SMARTS) is 1. The Morgan fingerprint density at radius 1 is 1.40 bits per heavy atom. The third-order valence-electron chi connectivity index (χ3n) is 5.42. The number of fused-ring (bicyclic) bond motifs is 1. The van der Waals surface area contributed by atoms with Gasteiger partial charge in [0.05, 0.1) is 23.5 Å². The zero-order chi connectivity index (χ0) is 21.3. The van der Waals surface area contributed by atoms with Crippen molar-refractivity contribution in [1.29, 1.82) is 5.26 Å². The van der Waals surface area contributed by atoms with Crippen molar-refractivity contribution >= 4 is 28.5 Å². The van der Waals surface area contributed by atoms with Crippen LogP contribution in [0.2, 0.25) is 0 Å². The second-order valence-electron chi connectivity index (χ2n) is 7.15. The maximum absolute atomic E-state index is 13.5. The zero-order valence-corrected chi connectivity index (χ0v) is 15.8. The molecule has 3 aromatic heterocycles. The highest BCUT2D eigenvalue weighted by molar-refractivity contribution is 5.91. The summed E-state index contributed by atoms with van der Waals surface area (Å²) in [6.45, 7) is 0.500. The second kappa shape index (κ2) is 7.47. The van der Waals surface area contributed by atoms with Gasteiger partial charge >= 0.3 is 6.09 Å². The third-order valence-corrected chi connectivity index (χ3v) is 5.42. The molecule has 10 nitrogen and oxygen atoms in total. The number of H-pyrrole nitrogens is 1. The van der Waals surface area contributed by atoms with Crippen LogP contribution in [0, 0.1) is 17.3 Å². The van der Waals surface area contributed by atoms with Crippen LogP contribution in [0.1, 0.15) is 19.3 Å². The molecule has 0 unspecified atom stereocenters. The molecule has 0 spiro atoms. The number of amides is 1. The predicted octanol–water partition coefficient (Wildman–Crippen LogP) is 2.39. The van der Waals surface area contributed by atoms with Gasteiger partial charge in [-0.2, -0.15) is 14.8 Å². The Bertz CT molecular complexity index is 1200. The summed E-state index contributed by atoms with van der Waals surface area (Å²) < 4.78 is 15.1. The van der Waals surface area contributed by atoms with Gasteiger partial charge in [-0.25, -0.2) is 9.78 Å². The molecule has 3 N–H and O–H groups in total. The first-order valence-corrected chi connectivity index (χ1v) is 9.28. The summed E-state index contributed by atoms with van der Waals surface area (Å²) in [5, 5.41) is 26.5. The lowest BCUT2D eigenvalue weighted by atomic mass is 9.85. The van der Waals surface area contributed by atoms with Crippen molar-refractivity contribution in [3.63, 3.8) is 0 Å². The standard InChI is InChI=1S/C19H18FN7O3/c20-14-11-12(1-7-22-14)24-16-15-13(2-8-23-17(15)28)27(25-16)19(3-6-21)4-9-26(10-5-19)18(29)30/h1-2,7-8,11H,3-5,9-10H2,(H,23,28)(H,29,30)(H,22,24,25). The number of nitrogens with zero attached hydrogens (tertiary/aromatic N) is 5. The Hall–Kier alpha value is -3.94. The molecule has 3 aromatic rings. The van der Waals surface area contributed by atoms with Gasteiger partial charge in [-0.1, -0.05) is 0 Å². The molecule has 1 amide bonds. The Morgan fingerprint density at radius 2 is 2.17 bits per heavy atom. The van der Waals surface area contributed by atoms with E-state index in [2.05, 4.69) is 26.5 Å². The third kappa shape index (κ3) is 3.32. The van der Waals surface area contributed by atoms with Gasteiger partial charge in [0.1, 0.15) is 5.39 Å². The van der Waals surface area contributed by atoms with Gasteiger partial charge in [0.25, 0.3) is 5.56 Å². The van der Waals surface area contributed by atoms with Gasteiger partial charge in [0, 0.05) is 37.2 Å². The largest absolute Gasteiger partial charge is 0.465 e. The van der Waals surface area contributed by atoms with Crippen LogP contribution in [0.15, 0.2) is 35.4 Å². The van der Waals surface area contributed by atoms with Crippen LogP contribution in [0.4, 0.5) is 20.7 Å². The van der Waals surface area contributed by atoms with E-state index in [-0.39, 0.29) is 36.3 Å². The van der Waals surface area contributed by atoms with Crippen LogP contribution in [0.25, 0.3) is 10.9 Å². The van der Waals surface area contributed by atoms with Crippen molar-refractivity contribution < 1.29 is 14.3 Å². The Balaban J connectivity index is 1.82. The molecule has 0 atom stereocenters. The van der Waals surface area contributed by atoms with Crippen LogP contribution in [0.5, 0.6) is 0 Å². The van der Waals surface area contributed by atoms with Crippen molar-refractivity contribution in [1.82, 2.24) is 24.6 Å². The summed E-state index contributed by atoms with van der Waals surface area (Å²) in [7, 11) is 0. The minimum atomic E-state index is -1.01. The summed E-state index contributed by atoms with van der Waals surface area (Å²) in [5.74, 6) is -0.463. The lowest BCUT2D eigenvalue weighted by molar-refractivity contribution is 0.0912. The fourth-order valence-corrected chi connectivity index (χ4v) is 3.87. The first kappa shape index (κ1) is 19.4. The van der Waals surface area contributed by atoms with Crippen molar-refractivity contribution in [2.24, 2.45) is 0 Å². The van der Waals surface area contributed by atoms with Crippen molar-refractivity contribution in [3.8, 4) is 6.07 Å². The van der Waals surface area contributed by atoms with Crippen LogP contribution in [-0.2, 0) is 5.54 Å². The summed E-state index contributed by atoms with van der Waals surface area (Å²) in [6.07, 6.45) is 2.63. The molecule has 4 heterocycles. The van der Waals surface area contributed by atoms with Gasteiger partial charge in [-0.3, -0.25) is 9.48 Å². The van der Waals surface area contributed by atoms with Crippen molar-refractivity contribution in [3.05, 3.63) is 46.9 Å². The van der Waals surface area contributed by atoms with Crippen LogP contribution in [0.3, 0.4) is 0 Å². The number of halogens is 1. The molecule has 1 saturated heterocycles. The average Bonchev–Trinajstić information content (AvgIpc) is 3.09. The van der Waals surface area contributed by atoms with E-state index in [9.17, 15) is 24.3 Å². The number of aromatic nitrogens is 4.